The Labute approximate surface area is 142 Å². The van der Waals surface area contributed by atoms with E-state index in [4.69, 9.17) is 9.47 Å². The first-order valence-electron chi connectivity index (χ1n) is 8.62. The summed E-state index contributed by atoms with van der Waals surface area (Å²) in [6, 6.07) is 2.97. The molecule has 0 atom stereocenters. The number of nitrogens with zero attached hydrogens (tertiary/aromatic N) is 1. The molecule has 0 saturated heterocycles. The SMILES string of the molecule is CCC1(CNC(=NC)NCc2cc(F)cc3c2OCOC3)CCC1. The number of guanidine groups is 1. The maximum Gasteiger partial charge on any atom is 0.191 e. The Kier molecular flexibility index (Phi) is 5.23. The Morgan fingerprint density at radius 2 is 2.17 bits per heavy atom. The minimum absolute atomic E-state index is 0.206. The van der Waals surface area contributed by atoms with Crippen molar-refractivity contribution in [2.24, 2.45) is 10.4 Å². The van der Waals surface area contributed by atoms with Gasteiger partial charge in [0, 0.05) is 31.3 Å². The third-order valence-corrected chi connectivity index (χ3v) is 5.22. The van der Waals surface area contributed by atoms with E-state index in [1.54, 1.807) is 7.05 Å². The van der Waals surface area contributed by atoms with E-state index in [2.05, 4.69) is 22.5 Å². The Morgan fingerprint density at radius 1 is 1.33 bits per heavy atom. The largest absolute Gasteiger partial charge is 0.467 e. The molecule has 1 fully saturated rings. The summed E-state index contributed by atoms with van der Waals surface area (Å²) in [4.78, 5) is 4.27. The molecule has 0 bridgehead atoms. The highest BCUT2D eigenvalue weighted by atomic mass is 19.1. The Balaban J connectivity index is 1.61. The second-order valence-corrected chi connectivity index (χ2v) is 6.65. The van der Waals surface area contributed by atoms with Crippen LogP contribution in [0.15, 0.2) is 17.1 Å². The molecule has 1 aromatic carbocycles. The summed E-state index contributed by atoms with van der Waals surface area (Å²) in [5.74, 6) is 1.18. The van der Waals surface area contributed by atoms with E-state index in [-0.39, 0.29) is 12.6 Å². The number of ether oxygens (including phenoxy) is 2. The Hall–Kier alpha value is -1.82. The van der Waals surface area contributed by atoms with Crippen molar-refractivity contribution in [2.45, 2.75) is 45.8 Å². The maximum absolute atomic E-state index is 13.8. The summed E-state index contributed by atoms with van der Waals surface area (Å²) >= 11 is 0. The van der Waals surface area contributed by atoms with Gasteiger partial charge in [0.15, 0.2) is 12.8 Å². The van der Waals surface area contributed by atoms with Gasteiger partial charge in [-0.15, -0.1) is 0 Å². The molecule has 24 heavy (non-hydrogen) atoms. The summed E-state index contributed by atoms with van der Waals surface area (Å²) in [5, 5.41) is 6.67. The van der Waals surface area contributed by atoms with Crippen molar-refractivity contribution in [3.8, 4) is 5.75 Å². The molecule has 0 spiro atoms. The molecule has 5 nitrogen and oxygen atoms in total. The third-order valence-electron chi connectivity index (χ3n) is 5.22. The molecule has 0 amide bonds. The van der Waals surface area contributed by atoms with Crippen LogP contribution in [0.5, 0.6) is 5.75 Å². The minimum atomic E-state index is -0.276. The van der Waals surface area contributed by atoms with Crippen molar-refractivity contribution in [3.05, 3.63) is 29.1 Å². The Morgan fingerprint density at radius 3 is 2.83 bits per heavy atom. The quantitative estimate of drug-likeness (QED) is 0.642. The van der Waals surface area contributed by atoms with Crippen molar-refractivity contribution < 1.29 is 13.9 Å². The summed E-state index contributed by atoms with van der Waals surface area (Å²) in [6.07, 6.45) is 5.05. The van der Waals surface area contributed by atoms with Crippen LogP contribution in [0.2, 0.25) is 0 Å². The summed E-state index contributed by atoms with van der Waals surface area (Å²) in [7, 11) is 1.75. The lowest BCUT2D eigenvalue weighted by atomic mass is 9.67. The van der Waals surface area contributed by atoms with Crippen molar-refractivity contribution in [1.29, 1.82) is 0 Å². The van der Waals surface area contributed by atoms with Gasteiger partial charge in [0.05, 0.1) is 6.61 Å². The lowest BCUT2D eigenvalue weighted by molar-refractivity contribution is -0.0173. The molecule has 1 heterocycles. The second kappa shape index (κ2) is 7.38. The lowest BCUT2D eigenvalue weighted by Gasteiger charge is -2.41. The molecule has 1 saturated carbocycles. The molecule has 2 aliphatic rings. The number of benzene rings is 1. The zero-order chi connectivity index (χ0) is 17.0. The third kappa shape index (κ3) is 3.64. The fourth-order valence-electron chi connectivity index (χ4n) is 3.39. The van der Waals surface area contributed by atoms with Gasteiger partial charge in [-0.05, 0) is 36.8 Å². The van der Waals surface area contributed by atoms with Crippen molar-refractivity contribution in [1.82, 2.24) is 10.6 Å². The van der Waals surface area contributed by atoms with Gasteiger partial charge in [-0.25, -0.2) is 4.39 Å². The number of hydrogen-bond acceptors (Lipinski definition) is 3. The fourth-order valence-corrected chi connectivity index (χ4v) is 3.39. The van der Waals surface area contributed by atoms with Crippen LogP contribution in [-0.2, 0) is 17.9 Å². The number of nitrogens with one attached hydrogen (secondary N) is 2. The normalized spacial score (nSPS) is 19.0. The zero-order valence-corrected chi connectivity index (χ0v) is 14.5. The highest BCUT2D eigenvalue weighted by molar-refractivity contribution is 5.79. The topological polar surface area (TPSA) is 54.9 Å². The van der Waals surface area contributed by atoms with Crippen LogP contribution < -0.4 is 15.4 Å². The van der Waals surface area contributed by atoms with E-state index in [9.17, 15) is 4.39 Å². The van der Waals surface area contributed by atoms with Crippen LogP contribution in [0.1, 0.15) is 43.7 Å². The molecule has 0 aromatic heterocycles. The molecule has 0 radical (unpaired) electrons. The van der Waals surface area contributed by atoms with E-state index in [1.807, 2.05) is 0 Å². The van der Waals surface area contributed by atoms with Crippen LogP contribution in [0.3, 0.4) is 0 Å². The predicted molar refractivity (Wildman–Crippen MR) is 91.5 cm³/mol. The van der Waals surface area contributed by atoms with Gasteiger partial charge in [0.1, 0.15) is 11.6 Å². The minimum Gasteiger partial charge on any atom is -0.467 e. The van der Waals surface area contributed by atoms with Crippen molar-refractivity contribution >= 4 is 5.96 Å². The molecule has 3 rings (SSSR count). The monoisotopic (exact) mass is 335 g/mol. The molecule has 2 N–H and O–H groups in total. The Bertz CT molecular complexity index is 609. The summed E-state index contributed by atoms with van der Waals surface area (Å²) < 4.78 is 24.5. The first-order valence-corrected chi connectivity index (χ1v) is 8.62. The summed E-state index contributed by atoms with van der Waals surface area (Å²) in [5.41, 5.74) is 1.95. The molecule has 1 aromatic rings. The van der Waals surface area contributed by atoms with Gasteiger partial charge in [0.25, 0.3) is 0 Å². The van der Waals surface area contributed by atoms with Crippen LogP contribution in [0.4, 0.5) is 4.39 Å². The molecular weight excluding hydrogens is 309 g/mol. The molecule has 6 heteroatoms. The van der Waals surface area contributed by atoms with E-state index >= 15 is 0 Å². The standard InChI is InChI=1S/C18H26FN3O2/c1-3-18(5-4-6-18)11-22-17(20-2)21-9-13-7-15(19)8-14-10-23-12-24-16(13)14/h7-8H,3-6,9-12H2,1-2H3,(H2,20,21,22). The van der Waals surface area contributed by atoms with Gasteiger partial charge < -0.3 is 20.1 Å². The fraction of sp³-hybridized carbons (Fsp3) is 0.611. The maximum atomic E-state index is 13.8. The van der Waals surface area contributed by atoms with Gasteiger partial charge in [-0.2, -0.15) is 0 Å². The molecule has 1 aliphatic carbocycles. The van der Waals surface area contributed by atoms with Gasteiger partial charge in [-0.1, -0.05) is 13.3 Å². The first kappa shape index (κ1) is 17.0. The average Bonchev–Trinajstić information content (AvgIpc) is 2.56. The lowest BCUT2D eigenvalue weighted by Crippen LogP contribution is -2.46. The zero-order valence-electron chi connectivity index (χ0n) is 14.5. The number of rotatable bonds is 5. The molecule has 132 valence electrons. The van der Waals surface area contributed by atoms with Crippen LogP contribution in [0, 0.1) is 11.2 Å². The van der Waals surface area contributed by atoms with Gasteiger partial charge in [0.2, 0.25) is 0 Å². The molecule has 1 aliphatic heterocycles. The van der Waals surface area contributed by atoms with Crippen molar-refractivity contribution in [2.75, 3.05) is 20.4 Å². The number of hydrogen-bond donors (Lipinski definition) is 2. The van der Waals surface area contributed by atoms with E-state index in [0.29, 0.717) is 18.6 Å². The first-order chi connectivity index (χ1) is 11.7. The summed E-state index contributed by atoms with van der Waals surface area (Å²) in [6.45, 7) is 4.22. The average molecular weight is 335 g/mol. The highest BCUT2D eigenvalue weighted by Gasteiger charge is 2.34. The van der Waals surface area contributed by atoms with Gasteiger partial charge in [-0.3, -0.25) is 4.99 Å². The number of halogens is 1. The number of fused-ring (bicyclic) bond motifs is 1. The highest BCUT2D eigenvalue weighted by Crippen LogP contribution is 2.43. The van der Waals surface area contributed by atoms with Crippen LogP contribution in [-0.4, -0.2) is 26.3 Å². The van der Waals surface area contributed by atoms with E-state index in [1.165, 1.54) is 37.8 Å². The number of aliphatic imine (C=N–C) groups is 1. The van der Waals surface area contributed by atoms with Crippen LogP contribution >= 0.6 is 0 Å². The molecular formula is C18H26FN3O2. The van der Waals surface area contributed by atoms with Gasteiger partial charge >= 0.3 is 0 Å². The van der Waals surface area contributed by atoms with Crippen LogP contribution in [0.25, 0.3) is 0 Å². The molecule has 0 unspecified atom stereocenters. The predicted octanol–water partition coefficient (Wildman–Crippen LogP) is 2.94. The van der Waals surface area contributed by atoms with Crippen molar-refractivity contribution in [3.63, 3.8) is 0 Å². The smallest absolute Gasteiger partial charge is 0.191 e. The second-order valence-electron chi connectivity index (χ2n) is 6.65. The van der Waals surface area contributed by atoms with E-state index in [0.717, 1.165) is 29.4 Å². The van der Waals surface area contributed by atoms with E-state index < -0.39 is 0 Å².